The molecule has 7 rings (SSSR count). The Morgan fingerprint density at radius 1 is 0.529 bits per heavy atom. The van der Waals surface area contributed by atoms with Crippen molar-refractivity contribution in [2.45, 2.75) is 0 Å². The van der Waals surface area contributed by atoms with Crippen molar-refractivity contribution in [1.82, 2.24) is 9.13 Å². The van der Waals surface area contributed by atoms with Crippen LogP contribution in [0.4, 0.5) is 5.69 Å². The van der Waals surface area contributed by atoms with Crippen LogP contribution in [0.5, 0.6) is 0 Å². The summed E-state index contributed by atoms with van der Waals surface area (Å²) in [6.07, 6.45) is 0. The van der Waals surface area contributed by atoms with Crippen LogP contribution in [0.25, 0.3) is 59.8 Å². The van der Waals surface area contributed by atoms with Crippen LogP contribution in [0, 0.1) is 6.57 Å². The fourth-order valence-corrected chi connectivity index (χ4v) is 4.27. The first-order valence-corrected chi connectivity index (χ1v) is 10.0. The molecule has 0 radical (unpaired) electrons. The zero-order valence-electron chi connectivity index (χ0n) is 33.1. The summed E-state index contributed by atoms with van der Waals surface area (Å²) in [4.78, 5) is 3.49. The molecule has 0 N–H and O–H groups in total. The van der Waals surface area contributed by atoms with Crippen LogP contribution in [0.2, 0.25) is 0 Å². The molecule has 0 aliphatic carbocycles. The van der Waals surface area contributed by atoms with Crippen molar-refractivity contribution in [2.24, 2.45) is 0 Å². The van der Waals surface area contributed by atoms with E-state index in [0.29, 0.717) is 0 Å². The smallest absolute Gasteiger partial charge is 0.189 e. The Hall–Kier alpha value is -4.81. The first-order chi connectivity index (χ1) is 23.5. The van der Waals surface area contributed by atoms with Gasteiger partial charge in [-0.15, -0.1) is 0 Å². The molecular weight excluding hydrogens is 414 g/mol. The Bertz CT molecular complexity index is 2640. The molecule has 0 bridgehead atoms. The zero-order valence-corrected chi connectivity index (χ0v) is 17.1. The summed E-state index contributed by atoms with van der Waals surface area (Å²) in [5, 5.41) is -0.958. The van der Waals surface area contributed by atoms with E-state index in [1.54, 1.807) is 0 Å². The normalized spacial score (nSPS) is 18.1. The second-order valence-electron chi connectivity index (χ2n) is 7.35. The van der Waals surface area contributed by atoms with Crippen LogP contribution in [-0.4, -0.2) is 9.13 Å². The highest BCUT2D eigenvalue weighted by molar-refractivity contribution is 6.11. The monoisotopic (exact) mass is 449 g/mol. The maximum Gasteiger partial charge on any atom is 0.189 e. The van der Waals surface area contributed by atoms with E-state index >= 15 is 0 Å². The number of para-hydroxylation sites is 4. The summed E-state index contributed by atoms with van der Waals surface area (Å²) in [6.45, 7) is 7.77. The maximum atomic E-state index is 8.93. The van der Waals surface area contributed by atoms with Crippen molar-refractivity contribution in [1.29, 1.82) is 0 Å². The van der Waals surface area contributed by atoms with Crippen LogP contribution in [0.1, 0.15) is 21.9 Å². The topological polar surface area (TPSA) is 14.2 Å². The molecule has 0 saturated heterocycles. The quantitative estimate of drug-likeness (QED) is 0.235. The van der Waals surface area contributed by atoms with Crippen molar-refractivity contribution < 1.29 is 21.9 Å². The average molecular weight is 450 g/mol. The lowest BCUT2D eigenvalue weighted by Gasteiger charge is -2.17. The van der Waals surface area contributed by atoms with E-state index in [1.807, 2.05) is 0 Å². The first kappa shape index (κ1) is 8.85. The summed E-state index contributed by atoms with van der Waals surface area (Å²) in [7, 11) is 0. The molecule has 34 heavy (non-hydrogen) atoms. The first-order valence-electron chi connectivity index (χ1n) is 18.0. The van der Waals surface area contributed by atoms with Gasteiger partial charge in [-0.25, -0.2) is 4.85 Å². The fourth-order valence-electron chi connectivity index (χ4n) is 4.27. The van der Waals surface area contributed by atoms with Gasteiger partial charge in [-0.1, -0.05) is 78.6 Å². The maximum absolute atomic E-state index is 8.93. The number of nitrogens with zero attached hydrogens (tertiary/aromatic N) is 3. The molecular formula is C31H19N3. The lowest BCUT2D eigenvalue weighted by Crippen LogP contribution is -2.03. The average Bonchev–Trinajstić information content (AvgIpc) is 3.66. The highest BCUT2D eigenvalue weighted by atomic mass is 15.1. The van der Waals surface area contributed by atoms with Gasteiger partial charge in [-0.2, -0.15) is 0 Å². The predicted molar refractivity (Wildman–Crippen MR) is 141 cm³/mol. The third kappa shape index (κ3) is 2.51. The lowest BCUT2D eigenvalue weighted by molar-refractivity contribution is 1.10. The van der Waals surface area contributed by atoms with Gasteiger partial charge >= 0.3 is 0 Å². The van der Waals surface area contributed by atoms with Gasteiger partial charge in [0.1, 0.15) is 0 Å². The second-order valence-corrected chi connectivity index (χ2v) is 7.35. The molecule has 0 saturated carbocycles. The number of fused-ring (bicyclic) bond motifs is 6. The summed E-state index contributed by atoms with van der Waals surface area (Å²) in [5.41, 5.74) is -1.38. The van der Waals surface area contributed by atoms with Crippen LogP contribution in [-0.2, 0) is 0 Å². The third-order valence-corrected chi connectivity index (χ3v) is 5.64. The van der Waals surface area contributed by atoms with Crippen molar-refractivity contribution in [3.8, 4) is 11.4 Å². The molecule has 0 spiro atoms. The number of rotatable bonds is 2. The summed E-state index contributed by atoms with van der Waals surface area (Å²) >= 11 is 0. The van der Waals surface area contributed by atoms with E-state index < -0.39 is 96.7 Å². The number of hydrogen-bond acceptors (Lipinski definition) is 0. The molecule has 158 valence electrons. The van der Waals surface area contributed by atoms with E-state index in [9.17, 15) is 0 Å². The molecule has 0 fully saturated rings. The van der Waals surface area contributed by atoms with E-state index in [1.165, 1.54) is 22.8 Å². The third-order valence-electron chi connectivity index (χ3n) is 5.64. The molecule has 0 atom stereocenters. The zero-order chi connectivity index (χ0) is 36.6. The molecule has 0 unspecified atom stereocenters. The predicted octanol–water partition coefficient (Wildman–Crippen LogP) is 8.43. The molecule has 3 nitrogen and oxygen atoms in total. The molecule has 0 amide bonds. The fraction of sp³-hybridized carbons (Fsp3) is 0. The van der Waals surface area contributed by atoms with Crippen LogP contribution >= 0.6 is 0 Å². The lowest BCUT2D eigenvalue weighted by atomic mass is 10.2. The standard InChI is InChI=1S/C31H19N3/c1-32-21-18-19-30(33-26-14-6-2-10-22(26)23-11-3-7-15-27(23)33)31(20-21)34-28-16-8-4-12-24(28)25-13-5-9-17-29(25)34/h2-20H/i2D,3D,4D,5D,6D,7D,8D,9D,10D,11D,12D,13D,14D,15D,16D,17D. The number of aromatic nitrogens is 2. The van der Waals surface area contributed by atoms with Crippen molar-refractivity contribution >= 4 is 49.3 Å². The van der Waals surface area contributed by atoms with Crippen molar-refractivity contribution in [3.63, 3.8) is 0 Å². The molecule has 0 aliphatic heterocycles. The Morgan fingerprint density at radius 3 is 1.32 bits per heavy atom. The summed E-state index contributed by atoms with van der Waals surface area (Å²) in [5.74, 6) is 0. The molecule has 0 aliphatic rings. The number of benzene rings is 5. The highest BCUT2D eigenvalue weighted by Gasteiger charge is 2.19. The summed E-state index contributed by atoms with van der Waals surface area (Å²) < 4.78 is 140. The van der Waals surface area contributed by atoms with Crippen molar-refractivity contribution in [3.05, 3.63) is 126 Å². The molecule has 3 heteroatoms. The van der Waals surface area contributed by atoms with Gasteiger partial charge in [0, 0.05) is 21.5 Å². The molecule has 5 aromatic carbocycles. The summed E-state index contributed by atoms with van der Waals surface area (Å²) in [6, 6.07) is -6.32. The largest absolute Gasteiger partial charge is 0.308 e. The highest BCUT2D eigenvalue weighted by Crippen LogP contribution is 2.39. The van der Waals surface area contributed by atoms with Crippen LogP contribution in [0.3, 0.4) is 0 Å². The molecule has 2 aromatic heterocycles. The molecule has 7 aromatic rings. The Balaban J connectivity index is 1.86. The Labute approximate surface area is 219 Å². The SMILES string of the molecule is [2H]c1c([2H])c([2H])c2c(c1[2H])c1c([2H])c([2H])c([2H])c([2H])c1n2-c1ccc([N+]#[C-])cc1-n1c2c([2H])c([2H])c([2H])c([2H])c2c2c([2H])c([2H])c([2H])c([2H])c21. The van der Waals surface area contributed by atoms with E-state index in [0.717, 1.165) is 4.57 Å². The van der Waals surface area contributed by atoms with Gasteiger partial charge < -0.3 is 9.13 Å². The van der Waals surface area contributed by atoms with E-state index in [4.69, 9.17) is 28.5 Å². The van der Waals surface area contributed by atoms with Crippen LogP contribution < -0.4 is 0 Å². The number of hydrogen-bond donors (Lipinski definition) is 0. The second kappa shape index (κ2) is 7.10. The van der Waals surface area contributed by atoms with Crippen LogP contribution in [0.15, 0.2) is 115 Å². The van der Waals surface area contributed by atoms with Gasteiger partial charge in [0.25, 0.3) is 0 Å². The van der Waals surface area contributed by atoms with Crippen molar-refractivity contribution in [2.75, 3.05) is 0 Å². The minimum absolute atomic E-state index is 0.0370. The van der Waals surface area contributed by atoms with Gasteiger partial charge in [0.05, 0.1) is 61.9 Å². The Morgan fingerprint density at radius 2 is 0.912 bits per heavy atom. The van der Waals surface area contributed by atoms with Gasteiger partial charge in [0.15, 0.2) is 5.69 Å². The van der Waals surface area contributed by atoms with E-state index in [2.05, 4.69) is 4.85 Å². The van der Waals surface area contributed by atoms with Gasteiger partial charge in [0.2, 0.25) is 0 Å². The Kier molecular flexibility index (Phi) is 1.85. The van der Waals surface area contributed by atoms with E-state index in [-0.39, 0.29) is 60.7 Å². The van der Waals surface area contributed by atoms with Gasteiger partial charge in [-0.05, 0) is 36.3 Å². The minimum atomic E-state index is -0.690. The van der Waals surface area contributed by atoms with Gasteiger partial charge in [-0.3, -0.25) is 0 Å². The molecule has 2 heterocycles. The minimum Gasteiger partial charge on any atom is -0.308 e.